The highest BCUT2D eigenvalue weighted by molar-refractivity contribution is 7.89. The first-order chi connectivity index (χ1) is 15.9. The fourth-order valence-electron chi connectivity index (χ4n) is 3.97. The number of amides is 1. The van der Waals surface area contributed by atoms with Crippen molar-refractivity contribution < 1.29 is 17.6 Å². The van der Waals surface area contributed by atoms with Gasteiger partial charge in [0, 0.05) is 37.9 Å². The Labute approximate surface area is 195 Å². The maximum Gasteiger partial charge on any atom is 0.253 e. The third-order valence-corrected chi connectivity index (χ3v) is 7.27. The largest absolute Gasteiger partial charge is 0.468 e. The summed E-state index contributed by atoms with van der Waals surface area (Å²) in [6.07, 6.45) is 5.26. The molecule has 7 nitrogen and oxygen atoms in total. The number of anilines is 1. The molecule has 1 N–H and O–H groups in total. The van der Waals surface area contributed by atoms with E-state index in [4.69, 9.17) is 4.42 Å². The van der Waals surface area contributed by atoms with E-state index in [0.29, 0.717) is 17.9 Å². The Hall–Kier alpha value is -3.10. The van der Waals surface area contributed by atoms with Gasteiger partial charge in [0.2, 0.25) is 10.0 Å². The zero-order chi connectivity index (χ0) is 23.3. The SMILES string of the molecule is CN(Cc1ccc(N2CCCCC2)cc1)C(=O)c1ccc(S(=O)(=O)NCc2ccco2)cc1. The Balaban J connectivity index is 1.35. The normalized spacial score (nSPS) is 14.3. The molecular weight excluding hydrogens is 438 g/mol. The van der Waals surface area contributed by atoms with E-state index in [9.17, 15) is 13.2 Å². The molecule has 2 heterocycles. The van der Waals surface area contributed by atoms with E-state index in [1.807, 2.05) is 0 Å². The van der Waals surface area contributed by atoms with E-state index in [1.165, 1.54) is 43.3 Å². The van der Waals surface area contributed by atoms with Crippen LogP contribution in [0.1, 0.15) is 40.9 Å². The lowest BCUT2D eigenvalue weighted by molar-refractivity contribution is 0.0785. The number of rotatable bonds is 8. The molecule has 0 aliphatic carbocycles. The highest BCUT2D eigenvalue weighted by atomic mass is 32.2. The molecule has 0 radical (unpaired) electrons. The third kappa shape index (κ3) is 5.83. The monoisotopic (exact) mass is 467 g/mol. The van der Waals surface area contributed by atoms with Gasteiger partial charge in [-0.15, -0.1) is 0 Å². The topological polar surface area (TPSA) is 82.9 Å². The van der Waals surface area contributed by atoms with Gasteiger partial charge in [-0.05, 0) is 73.4 Å². The molecule has 33 heavy (non-hydrogen) atoms. The summed E-state index contributed by atoms with van der Waals surface area (Å²) in [5, 5.41) is 0. The van der Waals surface area contributed by atoms with Crippen molar-refractivity contribution in [2.75, 3.05) is 25.0 Å². The molecule has 0 saturated carbocycles. The summed E-state index contributed by atoms with van der Waals surface area (Å²) in [7, 11) is -1.95. The first kappa shape index (κ1) is 23.1. The number of hydrogen-bond acceptors (Lipinski definition) is 5. The minimum absolute atomic E-state index is 0.0648. The number of hydrogen-bond donors (Lipinski definition) is 1. The van der Waals surface area contributed by atoms with Crippen molar-refractivity contribution in [2.45, 2.75) is 37.2 Å². The van der Waals surface area contributed by atoms with Crippen molar-refractivity contribution in [3.63, 3.8) is 0 Å². The summed E-state index contributed by atoms with van der Waals surface area (Å²) < 4.78 is 32.6. The number of furan rings is 1. The van der Waals surface area contributed by atoms with Gasteiger partial charge < -0.3 is 14.2 Å². The average molecular weight is 468 g/mol. The lowest BCUT2D eigenvalue weighted by atomic mass is 10.1. The van der Waals surface area contributed by atoms with Crippen LogP contribution < -0.4 is 9.62 Å². The van der Waals surface area contributed by atoms with Gasteiger partial charge in [-0.25, -0.2) is 13.1 Å². The standard InChI is InChI=1S/C25H29N3O4S/c1-27(19-20-7-11-22(12-8-20)28-15-3-2-4-16-28)25(29)21-9-13-24(14-10-21)33(30,31)26-18-23-6-5-17-32-23/h5-14,17,26H,2-4,15-16,18-19H2,1H3. The van der Waals surface area contributed by atoms with Crippen molar-refractivity contribution in [3.8, 4) is 0 Å². The second-order valence-electron chi connectivity index (χ2n) is 8.30. The van der Waals surface area contributed by atoms with Gasteiger partial charge in [0.05, 0.1) is 17.7 Å². The Morgan fingerprint density at radius 3 is 2.33 bits per heavy atom. The highest BCUT2D eigenvalue weighted by Crippen LogP contribution is 2.21. The predicted molar refractivity (Wildman–Crippen MR) is 127 cm³/mol. The van der Waals surface area contributed by atoms with E-state index in [1.54, 1.807) is 36.2 Å². The fraction of sp³-hybridized carbons (Fsp3) is 0.320. The number of carbonyl (C=O) groups is 1. The average Bonchev–Trinajstić information content (AvgIpc) is 3.37. The zero-order valence-electron chi connectivity index (χ0n) is 18.7. The number of sulfonamides is 1. The van der Waals surface area contributed by atoms with Crippen LogP contribution in [0.4, 0.5) is 5.69 Å². The van der Waals surface area contributed by atoms with Crippen LogP contribution in [0.5, 0.6) is 0 Å². The molecule has 2 aromatic carbocycles. The van der Waals surface area contributed by atoms with E-state index in [-0.39, 0.29) is 17.3 Å². The Morgan fingerprint density at radius 1 is 1.00 bits per heavy atom. The Kier molecular flexibility index (Phi) is 7.15. The molecule has 8 heteroatoms. The predicted octanol–water partition coefficient (Wildman–Crippen LogP) is 4.02. The van der Waals surface area contributed by atoms with Gasteiger partial charge >= 0.3 is 0 Å². The molecule has 1 fully saturated rings. The molecule has 1 amide bonds. The fourth-order valence-corrected chi connectivity index (χ4v) is 4.96. The molecule has 4 rings (SSSR count). The van der Waals surface area contributed by atoms with Crippen LogP contribution in [-0.4, -0.2) is 39.4 Å². The van der Waals surface area contributed by atoms with Gasteiger partial charge in [0.15, 0.2) is 0 Å². The van der Waals surface area contributed by atoms with Crippen molar-refractivity contribution in [2.24, 2.45) is 0 Å². The first-order valence-electron chi connectivity index (χ1n) is 11.1. The van der Waals surface area contributed by atoms with Crippen molar-refractivity contribution in [1.29, 1.82) is 0 Å². The minimum Gasteiger partial charge on any atom is -0.468 e. The first-order valence-corrected chi connectivity index (χ1v) is 12.6. The molecule has 0 spiro atoms. The van der Waals surface area contributed by atoms with Crippen LogP contribution in [0.2, 0.25) is 0 Å². The Bertz CT molecular complexity index is 1150. The van der Waals surface area contributed by atoms with E-state index >= 15 is 0 Å². The van der Waals surface area contributed by atoms with Crippen LogP contribution in [-0.2, 0) is 23.1 Å². The second-order valence-corrected chi connectivity index (χ2v) is 10.1. The molecule has 1 aliphatic rings. The lowest BCUT2D eigenvalue weighted by Gasteiger charge is -2.29. The van der Waals surface area contributed by atoms with Crippen molar-refractivity contribution >= 4 is 21.6 Å². The number of nitrogens with one attached hydrogen (secondary N) is 1. The molecule has 174 valence electrons. The highest BCUT2D eigenvalue weighted by Gasteiger charge is 2.17. The maximum absolute atomic E-state index is 12.8. The van der Waals surface area contributed by atoms with Crippen molar-refractivity contribution in [3.05, 3.63) is 83.8 Å². The van der Waals surface area contributed by atoms with E-state index in [0.717, 1.165) is 18.7 Å². The molecular formula is C25H29N3O4S. The van der Waals surface area contributed by atoms with Gasteiger partial charge in [-0.3, -0.25) is 4.79 Å². The van der Waals surface area contributed by atoms with Crippen LogP contribution in [0.15, 0.2) is 76.2 Å². The van der Waals surface area contributed by atoms with Gasteiger partial charge in [0.1, 0.15) is 5.76 Å². The summed E-state index contributed by atoms with van der Waals surface area (Å²) in [5.41, 5.74) is 2.71. The van der Waals surface area contributed by atoms with Crippen LogP contribution in [0.3, 0.4) is 0 Å². The van der Waals surface area contributed by atoms with Crippen molar-refractivity contribution in [1.82, 2.24) is 9.62 Å². The lowest BCUT2D eigenvalue weighted by Crippen LogP contribution is -2.29. The summed E-state index contributed by atoms with van der Waals surface area (Å²) in [4.78, 5) is 17.0. The number of piperidine rings is 1. The maximum atomic E-state index is 12.8. The second kappa shape index (κ2) is 10.2. The van der Waals surface area contributed by atoms with Gasteiger partial charge in [-0.2, -0.15) is 0 Å². The molecule has 1 aromatic heterocycles. The summed E-state index contributed by atoms with van der Waals surface area (Å²) in [5.74, 6) is 0.360. The quantitative estimate of drug-likeness (QED) is 0.541. The summed E-state index contributed by atoms with van der Waals surface area (Å²) >= 11 is 0. The van der Waals surface area contributed by atoms with E-state index in [2.05, 4.69) is 33.9 Å². The Morgan fingerprint density at radius 2 is 1.70 bits per heavy atom. The number of carbonyl (C=O) groups excluding carboxylic acids is 1. The minimum atomic E-state index is -3.70. The molecule has 1 saturated heterocycles. The smallest absolute Gasteiger partial charge is 0.253 e. The zero-order valence-corrected chi connectivity index (χ0v) is 19.6. The van der Waals surface area contributed by atoms with Crippen LogP contribution in [0, 0.1) is 0 Å². The molecule has 0 bridgehead atoms. The molecule has 0 unspecified atom stereocenters. The van der Waals surface area contributed by atoms with Gasteiger partial charge in [0.25, 0.3) is 5.91 Å². The van der Waals surface area contributed by atoms with Gasteiger partial charge in [-0.1, -0.05) is 12.1 Å². The molecule has 1 aliphatic heterocycles. The van der Waals surface area contributed by atoms with Crippen LogP contribution in [0.25, 0.3) is 0 Å². The summed E-state index contributed by atoms with van der Waals surface area (Å²) in [6, 6.07) is 17.7. The molecule has 0 atom stereocenters. The van der Waals surface area contributed by atoms with E-state index < -0.39 is 10.0 Å². The number of nitrogens with zero attached hydrogens (tertiary/aromatic N) is 2. The van der Waals surface area contributed by atoms with Crippen LogP contribution >= 0.6 is 0 Å². The summed E-state index contributed by atoms with van der Waals surface area (Å²) in [6.45, 7) is 2.74. The molecule has 3 aromatic rings. The number of benzene rings is 2. The third-order valence-electron chi connectivity index (χ3n) is 5.85.